The second kappa shape index (κ2) is 5.89. The minimum absolute atomic E-state index is 0.266. The molecule has 0 aromatic heterocycles. The van der Waals surface area contributed by atoms with E-state index in [4.69, 9.17) is 12.2 Å². The second-order valence-electron chi connectivity index (χ2n) is 3.37. The van der Waals surface area contributed by atoms with Gasteiger partial charge in [0.15, 0.2) is 0 Å². The zero-order valence-corrected chi connectivity index (χ0v) is 9.93. The zero-order chi connectivity index (χ0) is 11.3. The first kappa shape index (κ1) is 12.2. The van der Waals surface area contributed by atoms with E-state index in [0.29, 0.717) is 18.4 Å². The standard InChI is InChI=1S/C12H13BrFN/c1-2-3-4-5-12(15)10-7-6-9(13)8-11(10)14/h1,6-8,12H,3-5,15H2. The average Bonchev–Trinajstić information content (AvgIpc) is 2.17. The Balaban J connectivity index is 2.66. The fourth-order valence-corrected chi connectivity index (χ4v) is 1.71. The summed E-state index contributed by atoms with van der Waals surface area (Å²) >= 11 is 3.20. The molecule has 0 aliphatic rings. The summed E-state index contributed by atoms with van der Waals surface area (Å²) in [5.74, 6) is 2.28. The Hall–Kier alpha value is -0.850. The number of nitrogens with two attached hydrogens (primary N) is 1. The number of unbranched alkanes of at least 4 members (excludes halogenated alkanes) is 1. The van der Waals surface area contributed by atoms with Crippen molar-refractivity contribution in [1.29, 1.82) is 0 Å². The van der Waals surface area contributed by atoms with Crippen LogP contribution >= 0.6 is 15.9 Å². The topological polar surface area (TPSA) is 26.0 Å². The zero-order valence-electron chi connectivity index (χ0n) is 8.34. The van der Waals surface area contributed by atoms with Gasteiger partial charge in [-0.15, -0.1) is 12.3 Å². The Morgan fingerprint density at radius 2 is 2.27 bits per heavy atom. The van der Waals surface area contributed by atoms with Gasteiger partial charge < -0.3 is 5.73 Å². The fourth-order valence-electron chi connectivity index (χ4n) is 1.38. The van der Waals surface area contributed by atoms with Crippen molar-refractivity contribution in [3.8, 4) is 12.3 Å². The van der Waals surface area contributed by atoms with Crippen molar-refractivity contribution >= 4 is 15.9 Å². The summed E-state index contributed by atoms with van der Waals surface area (Å²) in [7, 11) is 0. The van der Waals surface area contributed by atoms with Gasteiger partial charge in [0.05, 0.1) is 0 Å². The van der Waals surface area contributed by atoms with Crippen molar-refractivity contribution in [2.75, 3.05) is 0 Å². The van der Waals surface area contributed by atoms with Gasteiger partial charge in [-0.2, -0.15) is 0 Å². The van der Waals surface area contributed by atoms with E-state index >= 15 is 0 Å². The Bertz CT molecular complexity index is 370. The van der Waals surface area contributed by atoms with Crippen LogP contribution in [0.15, 0.2) is 22.7 Å². The maximum Gasteiger partial charge on any atom is 0.129 e. The first-order valence-corrected chi connectivity index (χ1v) is 5.58. The lowest BCUT2D eigenvalue weighted by Crippen LogP contribution is -2.11. The molecule has 0 amide bonds. The summed E-state index contributed by atoms with van der Waals surface area (Å²) < 4.78 is 14.2. The van der Waals surface area contributed by atoms with E-state index < -0.39 is 0 Å². The van der Waals surface area contributed by atoms with Crippen LogP contribution in [0.1, 0.15) is 30.9 Å². The minimum Gasteiger partial charge on any atom is -0.324 e. The Labute approximate surface area is 98.0 Å². The van der Waals surface area contributed by atoms with Crippen LogP contribution in [0.2, 0.25) is 0 Å². The fraction of sp³-hybridized carbons (Fsp3) is 0.333. The first-order valence-electron chi connectivity index (χ1n) is 4.79. The molecule has 80 valence electrons. The molecule has 0 fully saturated rings. The lowest BCUT2D eigenvalue weighted by atomic mass is 10.0. The van der Waals surface area contributed by atoms with Crippen LogP contribution in [0.4, 0.5) is 4.39 Å². The number of terminal acetylenes is 1. The predicted octanol–water partition coefficient (Wildman–Crippen LogP) is 3.39. The van der Waals surface area contributed by atoms with Gasteiger partial charge in [0.2, 0.25) is 0 Å². The molecule has 0 saturated carbocycles. The van der Waals surface area contributed by atoms with Gasteiger partial charge in [0.1, 0.15) is 5.82 Å². The number of rotatable bonds is 4. The van der Waals surface area contributed by atoms with Gasteiger partial charge in [-0.25, -0.2) is 4.39 Å². The highest BCUT2D eigenvalue weighted by Crippen LogP contribution is 2.22. The molecular weight excluding hydrogens is 257 g/mol. The van der Waals surface area contributed by atoms with Crippen molar-refractivity contribution < 1.29 is 4.39 Å². The van der Waals surface area contributed by atoms with Gasteiger partial charge in [0, 0.05) is 22.5 Å². The molecule has 0 aliphatic heterocycles. The molecule has 1 aromatic carbocycles. The molecule has 3 heteroatoms. The molecule has 0 bridgehead atoms. The van der Waals surface area contributed by atoms with E-state index in [0.717, 1.165) is 10.9 Å². The lowest BCUT2D eigenvalue weighted by molar-refractivity contribution is 0.553. The molecule has 1 nitrogen and oxygen atoms in total. The van der Waals surface area contributed by atoms with Crippen molar-refractivity contribution in [3.63, 3.8) is 0 Å². The third-order valence-electron chi connectivity index (χ3n) is 2.20. The number of benzene rings is 1. The van der Waals surface area contributed by atoms with Gasteiger partial charge in [0.25, 0.3) is 0 Å². The van der Waals surface area contributed by atoms with Crippen LogP contribution in [-0.2, 0) is 0 Å². The van der Waals surface area contributed by atoms with E-state index in [1.165, 1.54) is 6.07 Å². The quantitative estimate of drug-likeness (QED) is 0.658. The highest BCUT2D eigenvalue weighted by molar-refractivity contribution is 9.10. The van der Waals surface area contributed by atoms with Crippen LogP contribution < -0.4 is 5.73 Å². The summed E-state index contributed by atoms with van der Waals surface area (Å²) in [6.45, 7) is 0. The summed E-state index contributed by atoms with van der Waals surface area (Å²) in [6.07, 6.45) is 7.36. The van der Waals surface area contributed by atoms with Crippen molar-refractivity contribution in [1.82, 2.24) is 0 Å². The van der Waals surface area contributed by atoms with Crippen LogP contribution in [-0.4, -0.2) is 0 Å². The number of hydrogen-bond acceptors (Lipinski definition) is 1. The summed E-state index contributed by atoms with van der Waals surface area (Å²) in [5, 5.41) is 0. The van der Waals surface area contributed by atoms with Crippen LogP contribution in [0.3, 0.4) is 0 Å². The third-order valence-corrected chi connectivity index (χ3v) is 2.69. The van der Waals surface area contributed by atoms with E-state index in [9.17, 15) is 4.39 Å². The molecule has 2 N–H and O–H groups in total. The minimum atomic E-state index is -0.272. The molecule has 0 aliphatic carbocycles. The molecule has 15 heavy (non-hydrogen) atoms. The molecular formula is C12H13BrFN. The van der Waals surface area contributed by atoms with E-state index in [-0.39, 0.29) is 11.9 Å². The molecule has 0 spiro atoms. The molecule has 0 heterocycles. The predicted molar refractivity (Wildman–Crippen MR) is 63.7 cm³/mol. The highest BCUT2D eigenvalue weighted by atomic mass is 79.9. The SMILES string of the molecule is C#CCCCC(N)c1ccc(Br)cc1F. The molecule has 0 saturated heterocycles. The average molecular weight is 270 g/mol. The Morgan fingerprint density at radius 3 is 2.87 bits per heavy atom. The van der Waals surface area contributed by atoms with Gasteiger partial charge in [-0.1, -0.05) is 22.0 Å². The monoisotopic (exact) mass is 269 g/mol. The Kier molecular flexibility index (Phi) is 4.80. The third kappa shape index (κ3) is 3.65. The normalized spacial score (nSPS) is 12.1. The second-order valence-corrected chi connectivity index (χ2v) is 4.28. The molecule has 1 rings (SSSR count). The van der Waals surface area contributed by atoms with E-state index in [1.807, 2.05) is 0 Å². The molecule has 1 unspecified atom stereocenters. The maximum absolute atomic E-state index is 13.5. The summed E-state index contributed by atoms with van der Waals surface area (Å²) in [6, 6.07) is 4.65. The van der Waals surface area contributed by atoms with Gasteiger partial charge >= 0.3 is 0 Å². The lowest BCUT2D eigenvalue weighted by Gasteiger charge is -2.12. The van der Waals surface area contributed by atoms with Crippen molar-refractivity contribution in [2.24, 2.45) is 5.73 Å². The maximum atomic E-state index is 13.5. The van der Waals surface area contributed by atoms with Gasteiger partial charge in [-0.05, 0) is 25.0 Å². The van der Waals surface area contributed by atoms with Crippen molar-refractivity contribution in [2.45, 2.75) is 25.3 Å². The van der Waals surface area contributed by atoms with Crippen LogP contribution in [0, 0.1) is 18.2 Å². The number of halogens is 2. The van der Waals surface area contributed by atoms with E-state index in [1.54, 1.807) is 12.1 Å². The number of hydrogen-bond donors (Lipinski definition) is 1. The summed E-state index contributed by atoms with van der Waals surface area (Å²) in [4.78, 5) is 0. The van der Waals surface area contributed by atoms with Crippen molar-refractivity contribution in [3.05, 3.63) is 34.1 Å². The van der Waals surface area contributed by atoms with Crippen LogP contribution in [0.25, 0.3) is 0 Å². The largest absolute Gasteiger partial charge is 0.324 e. The van der Waals surface area contributed by atoms with Crippen LogP contribution in [0.5, 0.6) is 0 Å². The molecule has 0 radical (unpaired) electrons. The molecule has 1 aromatic rings. The molecule has 1 atom stereocenters. The summed E-state index contributed by atoms with van der Waals surface area (Å²) in [5.41, 5.74) is 6.41. The smallest absolute Gasteiger partial charge is 0.129 e. The van der Waals surface area contributed by atoms with E-state index in [2.05, 4.69) is 21.9 Å². The Morgan fingerprint density at radius 1 is 1.53 bits per heavy atom. The highest BCUT2D eigenvalue weighted by Gasteiger charge is 2.10. The first-order chi connectivity index (χ1) is 7.15. The van der Waals surface area contributed by atoms with Gasteiger partial charge in [-0.3, -0.25) is 0 Å².